The van der Waals surface area contributed by atoms with Crippen molar-refractivity contribution < 1.29 is 23.8 Å². The van der Waals surface area contributed by atoms with E-state index in [0.717, 1.165) is 68.2 Å². The van der Waals surface area contributed by atoms with Gasteiger partial charge in [0.2, 0.25) is 0 Å². The fraction of sp³-hybridized carbons (Fsp3) is 0.524. The first kappa shape index (κ1) is 39.2. The predicted octanol–water partition coefficient (Wildman–Crippen LogP) is 10.7. The smallest absolute Gasteiger partial charge is 0.338 e. The van der Waals surface area contributed by atoms with Crippen LogP contribution in [0.25, 0.3) is 11.1 Å². The molecule has 2 aromatic carbocycles. The lowest BCUT2D eigenvalue weighted by Gasteiger charge is -2.08. The highest BCUT2D eigenvalue weighted by molar-refractivity contribution is 5.90. The van der Waals surface area contributed by atoms with Crippen molar-refractivity contribution in [1.82, 2.24) is 0 Å². The van der Waals surface area contributed by atoms with E-state index in [1.54, 1.807) is 12.1 Å². The molecule has 47 heavy (non-hydrogen) atoms. The van der Waals surface area contributed by atoms with Gasteiger partial charge in [0.15, 0.2) is 0 Å². The second kappa shape index (κ2) is 27.2. The molecule has 2 rings (SSSR count). The van der Waals surface area contributed by atoms with Crippen molar-refractivity contribution in [2.45, 2.75) is 122 Å². The number of unbranched alkanes of at least 4 members (excludes halogenated alkanes) is 15. The predicted molar refractivity (Wildman–Crippen MR) is 193 cm³/mol. The minimum atomic E-state index is -0.371. The van der Waals surface area contributed by atoms with Crippen molar-refractivity contribution in [2.24, 2.45) is 0 Å². The van der Waals surface area contributed by atoms with Gasteiger partial charge < -0.3 is 14.2 Å². The number of carbonyl (C=O) groups is 2. The maximum absolute atomic E-state index is 12.4. The molecular formula is C42H56O5. The molecule has 2 aromatic rings. The first-order valence-corrected chi connectivity index (χ1v) is 17.9. The van der Waals surface area contributed by atoms with Crippen LogP contribution < -0.4 is 4.74 Å². The molecule has 254 valence electrons. The molecule has 0 bridgehead atoms. The summed E-state index contributed by atoms with van der Waals surface area (Å²) in [5, 5.41) is 0. The van der Waals surface area contributed by atoms with Gasteiger partial charge in [-0.2, -0.15) is 0 Å². The summed E-state index contributed by atoms with van der Waals surface area (Å²) in [6.45, 7) is 7.11. The molecule has 0 fully saturated rings. The van der Waals surface area contributed by atoms with Gasteiger partial charge in [-0.3, -0.25) is 0 Å². The average molecular weight is 641 g/mol. The van der Waals surface area contributed by atoms with E-state index in [2.05, 4.69) is 37.2 Å². The highest BCUT2D eigenvalue weighted by atomic mass is 16.5. The number of hydrogen-bond donors (Lipinski definition) is 0. The fourth-order valence-corrected chi connectivity index (χ4v) is 5.00. The Labute approximate surface area is 284 Å². The summed E-state index contributed by atoms with van der Waals surface area (Å²) < 4.78 is 16.3. The molecule has 0 N–H and O–H groups in total. The van der Waals surface area contributed by atoms with Gasteiger partial charge in [-0.25, -0.2) is 9.59 Å². The van der Waals surface area contributed by atoms with E-state index in [1.807, 2.05) is 36.4 Å². The summed E-state index contributed by atoms with van der Waals surface area (Å²) in [7, 11) is 0. The summed E-state index contributed by atoms with van der Waals surface area (Å²) >= 11 is 0. The monoisotopic (exact) mass is 640 g/mol. The van der Waals surface area contributed by atoms with Gasteiger partial charge in [-0.15, -0.1) is 0 Å². The Morgan fingerprint density at radius 3 is 1.66 bits per heavy atom. The molecule has 0 saturated heterocycles. The molecule has 0 aliphatic carbocycles. The van der Waals surface area contributed by atoms with Crippen molar-refractivity contribution >= 4 is 11.9 Å². The van der Waals surface area contributed by atoms with Gasteiger partial charge in [-0.1, -0.05) is 107 Å². The van der Waals surface area contributed by atoms with Gasteiger partial charge in [-0.05, 0) is 92.2 Å². The van der Waals surface area contributed by atoms with Crippen molar-refractivity contribution in [1.29, 1.82) is 0 Å². The SMILES string of the molecule is C=CC(=O)OCCCCCCOc1ccc(-c2ccc(C(=O)OCCCCC#CC#CCCCCCCCCCCCC)cc2)cc1. The number of ether oxygens (including phenoxy) is 3. The summed E-state index contributed by atoms with van der Waals surface area (Å²) in [5.41, 5.74) is 2.62. The first-order chi connectivity index (χ1) is 23.1. The third-order valence-electron chi connectivity index (χ3n) is 7.85. The first-order valence-electron chi connectivity index (χ1n) is 17.9. The second-order valence-corrected chi connectivity index (χ2v) is 11.9. The van der Waals surface area contributed by atoms with Crippen LogP contribution in [0.4, 0.5) is 0 Å². The number of hydrogen-bond acceptors (Lipinski definition) is 5. The zero-order valence-corrected chi connectivity index (χ0v) is 28.8. The molecule has 0 aromatic heterocycles. The number of rotatable bonds is 25. The highest BCUT2D eigenvalue weighted by Crippen LogP contribution is 2.23. The molecule has 0 radical (unpaired) electrons. The van der Waals surface area contributed by atoms with E-state index in [0.29, 0.717) is 25.4 Å². The average Bonchev–Trinajstić information content (AvgIpc) is 3.10. The third-order valence-corrected chi connectivity index (χ3v) is 7.85. The Hall–Kier alpha value is -3.96. The normalized spacial score (nSPS) is 10.2. The van der Waals surface area contributed by atoms with Crippen molar-refractivity contribution in [2.75, 3.05) is 19.8 Å². The maximum atomic E-state index is 12.4. The number of benzene rings is 2. The zero-order valence-electron chi connectivity index (χ0n) is 28.8. The second-order valence-electron chi connectivity index (χ2n) is 11.9. The van der Waals surface area contributed by atoms with E-state index in [-0.39, 0.29) is 11.9 Å². The largest absolute Gasteiger partial charge is 0.494 e. The van der Waals surface area contributed by atoms with Gasteiger partial charge in [0.25, 0.3) is 0 Å². The summed E-state index contributed by atoms with van der Waals surface area (Å²) in [5.74, 6) is 12.4. The summed E-state index contributed by atoms with van der Waals surface area (Å²) in [4.78, 5) is 23.5. The maximum Gasteiger partial charge on any atom is 0.338 e. The number of esters is 2. The van der Waals surface area contributed by atoms with Crippen LogP contribution in [0.1, 0.15) is 133 Å². The van der Waals surface area contributed by atoms with Gasteiger partial charge >= 0.3 is 11.9 Å². The molecule has 0 atom stereocenters. The Morgan fingerprint density at radius 1 is 0.596 bits per heavy atom. The van der Waals surface area contributed by atoms with Crippen LogP contribution in [0.15, 0.2) is 61.2 Å². The highest BCUT2D eigenvalue weighted by Gasteiger charge is 2.08. The van der Waals surface area contributed by atoms with Crippen LogP contribution in [0.3, 0.4) is 0 Å². The Balaban J connectivity index is 1.51. The lowest BCUT2D eigenvalue weighted by atomic mass is 10.0. The molecule has 0 amide bonds. The lowest BCUT2D eigenvalue weighted by Crippen LogP contribution is -2.06. The Morgan fingerprint density at radius 2 is 1.06 bits per heavy atom. The molecule has 0 aliphatic heterocycles. The van der Waals surface area contributed by atoms with Crippen LogP contribution in [0.5, 0.6) is 5.75 Å². The van der Waals surface area contributed by atoms with E-state index < -0.39 is 0 Å². The fourth-order valence-electron chi connectivity index (χ4n) is 5.00. The van der Waals surface area contributed by atoms with Gasteiger partial charge in [0.05, 0.1) is 25.4 Å². The van der Waals surface area contributed by atoms with E-state index >= 15 is 0 Å². The van der Waals surface area contributed by atoms with Crippen LogP contribution in [0, 0.1) is 23.7 Å². The molecule has 0 saturated carbocycles. The van der Waals surface area contributed by atoms with Crippen LogP contribution in [-0.4, -0.2) is 31.8 Å². The van der Waals surface area contributed by atoms with Crippen molar-refractivity contribution in [3.05, 3.63) is 66.7 Å². The van der Waals surface area contributed by atoms with Gasteiger partial charge in [0.1, 0.15) is 5.75 Å². The topological polar surface area (TPSA) is 61.8 Å². The lowest BCUT2D eigenvalue weighted by molar-refractivity contribution is -0.137. The molecule has 0 spiro atoms. The van der Waals surface area contributed by atoms with Crippen LogP contribution in [0.2, 0.25) is 0 Å². The summed E-state index contributed by atoms with van der Waals surface area (Å²) in [6, 6.07) is 15.4. The third kappa shape index (κ3) is 20.0. The van der Waals surface area contributed by atoms with Gasteiger partial charge in [0, 0.05) is 18.9 Å². The molecule has 0 aliphatic rings. The van der Waals surface area contributed by atoms with Crippen LogP contribution >= 0.6 is 0 Å². The quantitative estimate of drug-likeness (QED) is 0.0468. The Bertz CT molecular complexity index is 1250. The molecular weight excluding hydrogens is 584 g/mol. The molecule has 5 nitrogen and oxygen atoms in total. The minimum absolute atomic E-state index is 0.304. The molecule has 0 unspecified atom stereocenters. The van der Waals surface area contributed by atoms with E-state index in [9.17, 15) is 9.59 Å². The van der Waals surface area contributed by atoms with E-state index in [1.165, 1.54) is 70.3 Å². The summed E-state index contributed by atoms with van der Waals surface area (Å²) in [6.07, 6.45) is 21.7. The Kier molecular flexibility index (Phi) is 22.7. The molecule has 5 heteroatoms. The number of carbonyl (C=O) groups excluding carboxylic acids is 2. The van der Waals surface area contributed by atoms with Crippen molar-refractivity contribution in [3.63, 3.8) is 0 Å². The minimum Gasteiger partial charge on any atom is -0.494 e. The van der Waals surface area contributed by atoms with Crippen molar-refractivity contribution in [3.8, 4) is 40.6 Å². The standard InChI is InChI=1S/C42H56O5/c1-3-5-6-7-8-9-10-11-12-13-14-15-16-17-18-19-20-25-36-47-42(44)39-28-26-37(27-29-39)38-30-32-40(33-31-38)45-34-23-21-22-24-35-46-41(43)4-2/h4,26-33H,2-3,5-14,19-25,34-36H2,1H3. The zero-order chi connectivity index (χ0) is 33.6. The van der Waals surface area contributed by atoms with E-state index in [4.69, 9.17) is 14.2 Å². The van der Waals surface area contributed by atoms with Crippen LogP contribution in [-0.2, 0) is 14.3 Å². The molecule has 0 heterocycles.